The van der Waals surface area contributed by atoms with Crippen LogP contribution in [0, 0.1) is 6.92 Å². The Balaban J connectivity index is 1.66. The van der Waals surface area contributed by atoms with Gasteiger partial charge in [-0.25, -0.2) is 8.42 Å². The Kier molecular flexibility index (Phi) is 4.60. The van der Waals surface area contributed by atoms with Crippen LogP contribution >= 0.6 is 0 Å². The van der Waals surface area contributed by atoms with E-state index in [9.17, 15) is 8.42 Å². The average molecular weight is 339 g/mol. The van der Waals surface area contributed by atoms with Gasteiger partial charge in [0.1, 0.15) is 5.75 Å². The Morgan fingerprint density at radius 2 is 1.91 bits per heavy atom. The summed E-state index contributed by atoms with van der Waals surface area (Å²) in [6.07, 6.45) is 0. The molecular weight excluding hydrogens is 322 g/mol. The van der Waals surface area contributed by atoms with Crippen LogP contribution in [0.5, 0.6) is 5.75 Å². The maximum Gasteiger partial charge on any atom is 0.243 e. The molecule has 1 saturated heterocycles. The third-order valence-electron chi connectivity index (χ3n) is 3.37. The first-order valence-corrected chi connectivity index (χ1v) is 8.60. The van der Waals surface area contributed by atoms with Crippen molar-refractivity contribution in [3.8, 4) is 5.75 Å². The van der Waals surface area contributed by atoms with Crippen LogP contribution in [0.1, 0.15) is 11.7 Å². The van der Waals surface area contributed by atoms with Crippen molar-refractivity contribution in [2.75, 3.05) is 26.3 Å². The summed E-state index contributed by atoms with van der Waals surface area (Å²) in [6, 6.07) is 6.28. The van der Waals surface area contributed by atoms with E-state index in [1.165, 1.54) is 16.4 Å². The van der Waals surface area contributed by atoms with Gasteiger partial charge in [0.05, 0.1) is 18.1 Å². The standard InChI is InChI=1S/C14H17N3O5S/c1-11-15-14(16-22-11)10-21-12-2-4-13(5-3-12)23(18,19)17-6-8-20-9-7-17/h2-5H,6-10H2,1H3. The zero-order valence-corrected chi connectivity index (χ0v) is 13.5. The highest BCUT2D eigenvalue weighted by Gasteiger charge is 2.26. The van der Waals surface area contributed by atoms with Crippen LogP contribution in [0.2, 0.25) is 0 Å². The van der Waals surface area contributed by atoms with Gasteiger partial charge in [-0.05, 0) is 24.3 Å². The van der Waals surface area contributed by atoms with E-state index in [1.807, 2.05) is 0 Å². The minimum atomic E-state index is -3.48. The number of aryl methyl sites for hydroxylation is 1. The third kappa shape index (κ3) is 3.69. The summed E-state index contributed by atoms with van der Waals surface area (Å²) in [6.45, 7) is 3.44. The number of hydrogen-bond acceptors (Lipinski definition) is 7. The molecule has 1 fully saturated rings. The second kappa shape index (κ2) is 6.65. The second-order valence-electron chi connectivity index (χ2n) is 5.01. The molecule has 9 heteroatoms. The lowest BCUT2D eigenvalue weighted by Crippen LogP contribution is -2.40. The van der Waals surface area contributed by atoms with E-state index in [0.717, 1.165) is 0 Å². The summed E-state index contributed by atoms with van der Waals surface area (Å²) in [5, 5.41) is 3.72. The summed E-state index contributed by atoms with van der Waals surface area (Å²) in [5.74, 6) is 1.44. The lowest BCUT2D eigenvalue weighted by Gasteiger charge is -2.26. The summed E-state index contributed by atoms with van der Waals surface area (Å²) in [5.41, 5.74) is 0. The first kappa shape index (κ1) is 15.9. The Hall–Kier alpha value is -1.97. The Bertz CT molecular complexity index is 751. The molecule has 1 aliphatic heterocycles. The molecule has 0 bridgehead atoms. The fourth-order valence-corrected chi connectivity index (χ4v) is 3.60. The van der Waals surface area contributed by atoms with Crippen molar-refractivity contribution in [3.63, 3.8) is 0 Å². The van der Waals surface area contributed by atoms with Gasteiger partial charge in [-0.3, -0.25) is 0 Å². The molecule has 0 N–H and O–H groups in total. The Labute approximate surface area is 134 Å². The average Bonchev–Trinajstić information content (AvgIpc) is 3.00. The third-order valence-corrected chi connectivity index (χ3v) is 5.28. The summed E-state index contributed by atoms with van der Waals surface area (Å²) in [7, 11) is -3.48. The molecule has 1 aliphatic rings. The Morgan fingerprint density at radius 3 is 2.52 bits per heavy atom. The lowest BCUT2D eigenvalue weighted by atomic mass is 10.3. The van der Waals surface area contributed by atoms with E-state index in [4.69, 9.17) is 14.0 Å². The van der Waals surface area contributed by atoms with E-state index in [-0.39, 0.29) is 11.5 Å². The minimum Gasteiger partial charge on any atom is -0.485 e. The minimum absolute atomic E-state index is 0.160. The zero-order valence-electron chi connectivity index (χ0n) is 12.6. The molecule has 23 heavy (non-hydrogen) atoms. The van der Waals surface area contributed by atoms with Crippen LogP contribution in [-0.2, 0) is 21.4 Å². The highest BCUT2D eigenvalue weighted by molar-refractivity contribution is 7.89. The molecule has 0 aliphatic carbocycles. The predicted octanol–water partition coefficient (Wildman–Crippen LogP) is 0.978. The molecule has 3 rings (SSSR count). The maximum absolute atomic E-state index is 12.5. The van der Waals surface area contributed by atoms with E-state index in [0.29, 0.717) is 43.8 Å². The van der Waals surface area contributed by atoms with Crippen LogP contribution < -0.4 is 4.74 Å². The van der Waals surface area contributed by atoms with Gasteiger partial charge in [-0.15, -0.1) is 0 Å². The molecule has 1 aromatic heterocycles. The van der Waals surface area contributed by atoms with E-state index in [1.54, 1.807) is 19.1 Å². The van der Waals surface area contributed by atoms with Crippen LogP contribution in [0.15, 0.2) is 33.7 Å². The second-order valence-corrected chi connectivity index (χ2v) is 6.94. The fourth-order valence-electron chi connectivity index (χ4n) is 2.19. The van der Waals surface area contributed by atoms with E-state index >= 15 is 0 Å². The van der Waals surface area contributed by atoms with Crippen molar-refractivity contribution in [3.05, 3.63) is 36.0 Å². The SMILES string of the molecule is Cc1nc(COc2ccc(S(=O)(=O)N3CCOCC3)cc2)no1. The van der Waals surface area contributed by atoms with Crippen molar-refractivity contribution >= 4 is 10.0 Å². The summed E-state index contributed by atoms with van der Waals surface area (Å²) in [4.78, 5) is 4.26. The lowest BCUT2D eigenvalue weighted by molar-refractivity contribution is 0.0730. The van der Waals surface area contributed by atoms with Crippen LogP contribution in [0.4, 0.5) is 0 Å². The predicted molar refractivity (Wildman–Crippen MR) is 79.4 cm³/mol. The number of sulfonamides is 1. The van der Waals surface area contributed by atoms with Crippen molar-refractivity contribution in [1.82, 2.24) is 14.4 Å². The molecule has 0 atom stereocenters. The molecule has 124 valence electrons. The summed E-state index contributed by atoms with van der Waals surface area (Å²) >= 11 is 0. The first-order chi connectivity index (χ1) is 11.1. The Morgan fingerprint density at radius 1 is 1.22 bits per heavy atom. The number of morpholine rings is 1. The van der Waals surface area contributed by atoms with Gasteiger partial charge in [0.15, 0.2) is 6.61 Å². The molecule has 2 heterocycles. The topological polar surface area (TPSA) is 94.8 Å². The molecule has 0 amide bonds. The van der Waals surface area contributed by atoms with Crippen molar-refractivity contribution < 1.29 is 22.4 Å². The number of aromatic nitrogens is 2. The highest BCUT2D eigenvalue weighted by atomic mass is 32.2. The maximum atomic E-state index is 12.5. The molecule has 0 radical (unpaired) electrons. The molecular formula is C14H17N3O5S. The first-order valence-electron chi connectivity index (χ1n) is 7.16. The zero-order chi connectivity index (χ0) is 16.3. The van der Waals surface area contributed by atoms with Gasteiger partial charge in [0.25, 0.3) is 0 Å². The number of benzene rings is 1. The normalized spacial score (nSPS) is 16.4. The van der Waals surface area contributed by atoms with E-state index < -0.39 is 10.0 Å². The van der Waals surface area contributed by atoms with Crippen LogP contribution in [0.3, 0.4) is 0 Å². The van der Waals surface area contributed by atoms with Gasteiger partial charge in [-0.2, -0.15) is 9.29 Å². The molecule has 0 spiro atoms. The van der Waals surface area contributed by atoms with Crippen LogP contribution in [-0.4, -0.2) is 49.2 Å². The number of rotatable bonds is 5. The molecule has 8 nitrogen and oxygen atoms in total. The summed E-state index contributed by atoms with van der Waals surface area (Å²) < 4.78 is 41.9. The van der Waals surface area contributed by atoms with Crippen molar-refractivity contribution in [1.29, 1.82) is 0 Å². The highest BCUT2D eigenvalue weighted by Crippen LogP contribution is 2.20. The molecule has 1 aromatic carbocycles. The van der Waals surface area contributed by atoms with Gasteiger partial charge < -0.3 is 14.0 Å². The molecule has 2 aromatic rings. The smallest absolute Gasteiger partial charge is 0.243 e. The van der Waals surface area contributed by atoms with Crippen LogP contribution in [0.25, 0.3) is 0 Å². The fraction of sp³-hybridized carbons (Fsp3) is 0.429. The van der Waals surface area contributed by atoms with Crippen molar-refractivity contribution in [2.45, 2.75) is 18.4 Å². The largest absolute Gasteiger partial charge is 0.485 e. The van der Waals surface area contributed by atoms with Gasteiger partial charge in [0.2, 0.25) is 21.7 Å². The number of hydrogen-bond donors (Lipinski definition) is 0. The van der Waals surface area contributed by atoms with Crippen molar-refractivity contribution in [2.24, 2.45) is 0 Å². The number of nitrogens with zero attached hydrogens (tertiary/aromatic N) is 3. The van der Waals surface area contributed by atoms with Gasteiger partial charge in [0, 0.05) is 20.0 Å². The number of ether oxygens (including phenoxy) is 2. The van der Waals surface area contributed by atoms with Gasteiger partial charge in [-0.1, -0.05) is 5.16 Å². The molecule has 0 saturated carbocycles. The monoisotopic (exact) mass is 339 g/mol. The van der Waals surface area contributed by atoms with E-state index in [2.05, 4.69) is 10.1 Å². The molecule has 0 unspecified atom stereocenters. The van der Waals surface area contributed by atoms with Gasteiger partial charge >= 0.3 is 0 Å². The quantitative estimate of drug-likeness (QED) is 0.801.